The van der Waals surface area contributed by atoms with Gasteiger partial charge in [-0.25, -0.2) is 4.79 Å². The predicted octanol–water partition coefficient (Wildman–Crippen LogP) is 1.49. The number of carbonyl (C=O) groups is 3. The highest BCUT2D eigenvalue weighted by atomic mass is 16.5. The zero-order chi connectivity index (χ0) is 16.2. The summed E-state index contributed by atoms with van der Waals surface area (Å²) in [6, 6.07) is 6.31. The third-order valence-electron chi connectivity index (χ3n) is 3.59. The summed E-state index contributed by atoms with van der Waals surface area (Å²) < 4.78 is 4.60. The Morgan fingerprint density at radius 1 is 1.23 bits per heavy atom. The highest BCUT2D eigenvalue weighted by Crippen LogP contribution is 2.46. The smallest absolute Gasteiger partial charge is 0.337 e. The lowest BCUT2D eigenvalue weighted by atomic mass is 10.0. The molecule has 0 heterocycles. The molecule has 1 aromatic carbocycles. The van der Waals surface area contributed by atoms with E-state index in [9.17, 15) is 14.4 Å². The fourth-order valence-electron chi connectivity index (χ4n) is 2.07. The number of ether oxygens (including phenoxy) is 1. The van der Waals surface area contributed by atoms with Crippen molar-refractivity contribution in [2.45, 2.75) is 12.8 Å². The largest absolute Gasteiger partial charge is 0.465 e. The van der Waals surface area contributed by atoms with Crippen LogP contribution < -0.4 is 10.6 Å². The van der Waals surface area contributed by atoms with Gasteiger partial charge in [0.05, 0.1) is 12.7 Å². The normalized spacial score (nSPS) is 14.6. The van der Waals surface area contributed by atoms with Crippen LogP contribution in [0.2, 0.25) is 0 Å². The number of benzene rings is 1. The van der Waals surface area contributed by atoms with Crippen molar-refractivity contribution in [1.82, 2.24) is 5.32 Å². The van der Waals surface area contributed by atoms with Crippen LogP contribution in [0.3, 0.4) is 0 Å². The summed E-state index contributed by atoms with van der Waals surface area (Å²) in [6.07, 6.45) is 2.63. The van der Waals surface area contributed by atoms with Crippen LogP contribution in [0.4, 0.5) is 5.69 Å². The zero-order valence-corrected chi connectivity index (χ0v) is 12.3. The molecular formula is C16H18N2O4. The second kappa shape index (κ2) is 6.43. The average molecular weight is 302 g/mol. The van der Waals surface area contributed by atoms with E-state index in [0.29, 0.717) is 30.6 Å². The number of hydrogen-bond donors (Lipinski definition) is 2. The van der Waals surface area contributed by atoms with Crippen molar-refractivity contribution < 1.29 is 19.1 Å². The van der Waals surface area contributed by atoms with E-state index < -0.39 is 11.4 Å². The first-order valence-corrected chi connectivity index (χ1v) is 6.92. The van der Waals surface area contributed by atoms with Crippen LogP contribution in [0.1, 0.15) is 23.2 Å². The summed E-state index contributed by atoms with van der Waals surface area (Å²) in [4.78, 5) is 35.6. The van der Waals surface area contributed by atoms with Crippen molar-refractivity contribution in [3.63, 3.8) is 0 Å². The third-order valence-corrected chi connectivity index (χ3v) is 3.59. The van der Waals surface area contributed by atoms with Crippen molar-refractivity contribution in [2.75, 3.05) is 19.0 Å². The molecule has 0 bridgehead atoms. The molecule has 6 heteroatoms. The number of hydrogen-bond acceptors (Lipinski definition) is 4. The molecule has 0 aromatic heterocycles. The molecule has 0 aliphatic heterocycles. The molecule has 0 saturated heterocycles. The number of anilines is 1. The van der Waals surface area contributed by atoms with Gasteiger partial charge in [-0.05, 0) is 37.1 Å². The number of nitrogens with one attached hydrogen (secondary N) is 2. The molecule has 22 heavy (non-hydrogen) atoms. The quantitative estimate of drug-likeness (QED) is 0.474. The maximum atomic E-state index is 12.3. The van der Waals surface area contributed by atoms with Gasteiger partial charge in [0.15, 0.2) is 0 Å². The molecule has 1 aromatic rings. The molecule has 1 aliphatic carbocycles. The van der Waals surface area contributed by atoms with Gasteiger partial charge in [0.1, 0.15) is 5.41 Å². The summed E-state index contributed by atoms with van der Waals surface area (Å²) in [5.74, 6) is -1.06. The minimum Gasteiger partial charge on any atom is -0.465 e. The van der Waals surface area contributed by atoms with E-state index >= 15 is 0 Å². The molecule has 2 rings (SSSR count). The number of carbonyl (C=O) groups excluding carboxylic acids is 3. The van der Waals surface area contributed by atoms with E-state index in [1.54, 1.807) is 30.3 Å². The molecule has 0 spiro atoms. The van der Waals surface area contributed by atoms with E-state index in [1.165, 1.54) is 7.11 Å². The van der Waals surface area contributed by atoms with Crippen LogP contribution in [-0.2, 0) is 14.3 Å². The van der Waals surface area contributed by atoms with Gasteiger partial charge in [-0.3, -0.25) is 9.59 Å². The van der Waals surface area contributed by atoms with Crippen molar-refractivity contribution in [1.29, 1.82) is 0 Å². The van der Waals surface area contributed by atoms with Gasteiger partial charge in [-0.2, -0.15) is 0 Å². The van der Waals surface area contributed by atoms with Crippen LogP contribution in [0, 0.1) is 5.41 Å². The van der Waals surface area contributed by atoms with Crippen LogP contribution >= 0.6 is 0 Å². The number of rotatable bonds is 6. The fraction of sp³-hybridized carbons (Fsp3) is 0.312. The van der Waals surface area contributed by atoms with Gasteiger partial charge in [0, 0.05) is 12.2 Å². The Labute approximate surface area is 128 Å². The minimum atomic E-state index is -0.982. The van der Waals surface area contributed by atoms with Gasteiger partial charge in [0.25, 0.3) is 0 Å². The Hall–Kier alpha value is -2.63. The molecule has 2 amide bonds. The van der Waals surface area contributed by atoms with Crippen LogP contribution in [-0.4, -0.2) is 31.4 Å². The molecule has 0 radical (unpaired) electrons. The second-order valence-electron chi connectivity index (χ2n) is 5.10. The second-order valence-corrected chi connectivity index (χ2v) is 5.10. The summed E-state index contributed by atoms with van der Waals surface area (Å²) in [5, 5.41) is 5.36. The van der Waals surface area contributed by atoms with E-state index in [2.05, 4.69) is 21.9 Å². The standard InChI is InChI=1S/C16H18N2O4/c1-3-10-17-14(20)16(8-9-16)15(21)18-12-6-4-11(5-7-12)13(19)22-2/h3-7H,1,8-10H2,2H3,(H,17,20)(H,18,21). The van der Waals surface area contributed by atoms with Crippen LogP contribution in [0.15, 0.2) is 36.9 Å². The summed E-state index contributed by atoms with van der Waals surface area (Å²) >= 11 is 0. The summed E-state index contributed by atoms with van der Waals surface area (Å²) in [5.41, 5.74) is -0.0601. The summed E-state index contributed by atoms with van der Waals surface area (Å²) in [7, 11) is 1.30. The molecule has 116 valence electrons. The monoisotopic (exact) mass is 302 g/mol. The van der Waals surface area contributed by atoms with Gasteiger partial charge in [-0.15, -0.1) is 6.58 Å². The first kappa shape index (κ1) is 15.8. The molecule has 6 nitrogen and oxygen atoms in total. The summed E-state index contributed by atoms with van der Waals surface area (Å²) in [6.45, 7) is 3.86. The maximum Gasteiger partial charge on any atom is 0.337 e. The Morgan fingerprint density at radius 3 is 2.36 bits per heavy atom. The molecule has 0 unspecified atom stereocenters. The van der Waals surface area contributed by atoms with Gasteiger partial charge >= 0.3 is 5.97 Å². The topological polar surface area (TPSA) is 84.5 Å². The molecule has 0 atom stereocenters. The van der Waals surface area contributed by atoms with Crippen LogP contribution in [0.5, 0.6) is 0 Å². The minimum absolute atomic E-state index is 0.281. The Balaban J connectivity index is 2.01. The average Bonchev–Trinajstić information content (AvgIpc) is 3.34. The van der Waals surface area contributed by atoms with Gasteiger partial charge in [0.2, 0.25) is 11.8 Å². The molecule has 2 N–H and O–H groups in total. The zero-order valence-electron chi connectivity index (χ0n) is 12.3. The first-order valence-electron chi connectivity index (χ1n) is 6.92. The Bertz CT molecular complexity index is 603. The fourth-order valence-corrected chi connectivity index (χ4v) is 2.07. The maximum absolute atomic E-state index is 12.3. The predicted molar refractivity (Wildman–Crippen MR) is 81.3 cm³/mol. The van der Waals surface area contributed by atoms with Crippen molar-refractivity contribution in [2.24, 2.45) is 5.41 Å². The molecule has 1 aliphatic rings. The van der Waals surface area contributed by atoms with Gasteiger partial charge in [-0.1, -0.05) is 6.08 Å². The number of esters is 1. The number of methoxy groups -OCH3 is 1. The number of amides is 2. The van der Waals surface area contributed by atoms with Crippen molar-refractivity contribution in [3.05, 3.63) is 42.5 Å². The van der Waals surface area contributed by atoms with Crippen molar-refractivity contribution >= 4 is 23.5 Å². The van der Waals surface area contributed by atoms with Gasteiger partial charge < -0.3 is 15.4 Å². The lowest BCUT2D eigenvalue weighted by molar-refractivity contribution is -0.134. The highest BCUT2D eigenvalue weighted by molar-refractivity contribution is 6.13. The Kier molecular flexibility index (Phi) is 4.60. The lowest BCUT2D eigenvalue weighted by Gasteiger charge is -2.14. The van der Waals surface area contributed by atoms with E-state index in [4.69, 9.17) is 0 Å². The Morgan fingerprint density at radius 2 is 1.86 bits per heavy atom. The van der Waals surface area contributed by atoms with E-state index in [-0.39, 0.29) is 11.8 Å². The van der Waals surface area contributed by atoms with E-state index in [1.807, 2.05) is 0 Å². The third kappa shape index (κ3) is 3.16. The lowest BCUT2D eigenvalue weighted by Crippen LogP contribution is -2.40. The SMILES string of the molecule is C=CCNC(=O)C1(C(=O)Nc2ccc(C(=O)OC)cc2)CC1. The molecular weight excluding hydrogens is 284 g/mol. The highest BCUT2D eigenvalue weighted by Gasteiger charge is 2.56. The molecule has 1 saturated carbocycles. The van der Waals surface area contributed by atoms with Crippen LogP contribution in [0.25, 0.3) is 0 Å². The van der Waals surface area contributed by atoms with Crippen molar-refractivity contribution in [3.8, 4) is 0 Å². The van der Waals surface area contributed by atoms with E-state index in [0.717, 1.165) is 0 Å². The molecule has 1 fully saturated rings. The first-order chi connectivity index (χ1) is 10.5.